The van der Waals surface area contributed by atoms with Crippen LogP contribution >= 0.6 is 0 Å². The van der Waals surface area contributed by atoms with Gasteiger partial charge < -0.3 is 14.2 Å². The molecule has 0 aliphatic heterocycles. The van der Waals surface area contributed by atoms with E-state index in [0.717, 1.165) is 42.7 Å². The van der Waals surface area contributed by atoms with Crippen molar-refractivity contribution in [1.82, 2.24) is 0 Å². The van der Waals surface area contributed by atoms with Gasteiger partial charge in [-0.3, -0.25) is 0 Å². The van der Waals surface area contributed by atoms with Crippen LogP contribution in [0.4, 0.5) is 39.5 Å². The number of aryl methyl sites for hydroxylation is 1. The normalized spacial score (nSPS) is 11.9. The minimum atomic E-state index is -4.76. The highest BCUT2D eigenvalue weighted by molar-refractivity contribution is 5.64. The zero-order valence-corrected chi connectivity index (χ0v) is 21.7. The van der Waals surface area contributed by atoms with Crippen LogP contribution in [0.2, 0.25) is 0 Å². The van der Waals surface area contributed by atoms with Crippen LogP contribution in [0.3, 0.4) is 0 Å². The Kier molecular flexibility index (Phi) is 8.93. The lowest BCUT2D eigenvalue weighted by atomic mass is 10.0. The molecule has 4 aromatic carbocycles. The van der Waals surface area contributed by atoms with Crippen molar-refractivity contribution >= 4 is 0 Å². The van der Waals surface area contributed by atoms with Crippen molar-refractivity contribution < 1.29 is 53.7 Å². The van der Waals surface area contributed by atoms with Gasteiger partial charge in [-0.25, -0.2) is 22.0 Å². The topological polar surface area (TPSA) is 27.7 Å². The van der Waals surface area contributed by atoms with Gasteiger partial charge in [0, 0.05) is 18.2 Å². The van der Waals surface area contributed by atoms with Gasteiger partial charge in [-0.2, -0.15) is 17.6 Å². The Bertz CT molecular complexity index is 1530. The van der Waals surface area contributed by atoms with Gasteiger partial charge in [0.2, 0.25) is 6.86 Å². The number of alkyl halides is 5. The van der Waals surface area contributed by atoms with Gasteiger partial charge in [0.25, 0.3) is 0 Å². The number of benzene rings is 4. The maximum atomic E-state index is 14.8. The van der Waals surface area contributed by atoms with Crippen LogP contribution in [-0.2, 0) is 18.6 Å². The summed E-state index contributed by atoms with van der Waals surface area (Å²) in [6, 6.07) is 11.7. The number of ether oxygens (including phenoxy) is 3. The Labute approximate surface area is 234 Å². The molecule has 0 saturated heterocycles. The van der Waals surface area contributed by atoms with Gasteiger partial charge in [0.1, 0.15) is 34.5 Å². The van der Waals surface area contributed by atoms with Gasteiger partial charge in [-0.15, -0.1) is 0 Å². The van der Waals surface area contributed by atoms with Crippen molar-refractivity contribution in [2.45, 2.75) is 32.0 Å². The van der Waals surface area contributed by atoms with Crippen LogP contribution in [0.5, 0.6) is 17.2 Å². The molecule has 0 spiro atoms. The SMILES string of the molecule is CCCc1ccc(-c2ccc(C(F)(F)Oc3cc(F)c(C(F)(F)Oc4ccc(OCF)c(F)c4)c(F)c3)c(F)c2)cc1. The first-order valence-electron chi connectivity index (χ1n) is 12.4. The summed E-state index contributed by atoms with van der Waals surface area (Å²) in [5.41, 5.74) is -1.39. The van der Waals surface area contributed by atoms with Crippen molar-refractivity contribution in [3.63, 3.8) is 0 Å². The standard InChI is InChI=1S/C30H21F9O3/c1-2-3-17-4-6-18(7-5-17)19-8-10-22(23(32)12-19)29(36,37)42-21-14-25(34)28(26(35)15-21)30(38,39)41-20-9-11-27(40-16-31)24(33)13-20/h4-15H,2-3,16H2,1H3. The lowest BCUT2D eigenvalue weighted by molar-refractivity contribution is -0.191. The fourth-order valence-electron chi connectivity index (χ4n) is 4.09. The fourth-order valence-corrected chi connectivity index (χ4v) is 4.09. The summed E-state index contributed by atoms with van der Waals surface area (Å²) in [6.45, 7) is 0.590. The number of rotatable bonds is 11. The van der Waals surface area contributed by atoms with Gasteiger partial charge in [-0.1, -0.05) is 43.7 Å². The van der Waals surface area contributed by atoms with E-state index in [1.54, 1.807) is 12.1 Å². The van der Waals surface area contributed by atoms with Gasteiger partial charge in [-0.05, 0) is 47.4 Å². The van der Waals surface area contributed by atoms with Crippen molar-refractivity contribution in [2.24, 2.45) is 0 Å². The molecule has 0 bridgehead atoms. The Morgan fingerprint density at radius 2 is 1.21 bits per heavy atom. The maximum absolute atomic E-state index is 14.8. The third kappa shape index (κ3) is 6.75. The zero-order valence-electron chi connectivity index (χ0n) is 21.7. The minimum absolute atomic E-state index is 0.0342. The molecule has 0 unspecified atom stereocenters. The smallest absolute Gasteiger partial charge is 0.432 e. The number of halogens is 9. The third-order valence-electron chi connectivity index (χ3n) is 6.02. The summed E-state index contributed by atoms with van der Waals surface area (Å²) in [4.78, 5) is 0. The molecule has 0 N–H and O–H groups in total. The molecule has 0 radical (unpaired) electrons. The van der Waals surface area contributed by atoms with E-state index in [2.05, 4.69) is 14.2 Å². The van der Waals surface area contributed by atoms with Gasteiger partial charge >= 0.3 is 12.2 Å². The summed E-state index contributed by atoms with van der Waals surface area (Å²) in [5, 5.41) is 0. The molecule has 12 heteroatoms. The maximum Gasteiger partial charge on any atom is 0.432 e. The average Bonchev–Trinajstić information content (AvgIpc) is 2.89. The largest absolute Gasteiger partial charge is 0.460 e. The van der Waals surface area contributed by atoms with Crippen molar-refractivity contribution in [2.75, 3.05) is 6.86 Å². The van der Waals surface area contributed by atoms with Crippen LogP contribution in [0.15, 0.2) is 72.8 Å². The molecule has 0 amide bonds. The molecule has 3 nitrogen and oxygen atoms in total. The summed E-state index contributed by atoms with van der Waals surface area (Å²) in [7, 11) is 0. The molecule has 0 aliphatic rings. The summed E-state index contributed by atoms with van der Waals surface area (Å²) in [5.74, 6) is -9.58. The van der Waals surface area contributed by atoms with Crippen molar-refractivity contribution in [3.05, 3.63) is 113 Å². The molecular formula is C30H21F9O3. The molecule has 42 heavy (non-hydrogen) atoms. The second kappa shape index (κ2) is 12.3. The number of hydrogen-bond acceptors (Lipinski definition) is 3. The molecule has 4 aromatic rings. The number of hydrogen-bond donors (Lipinski definition) is 0. The van der Waals surface area contributed by atoms with Crippen LogP contribution in [0, 0.1) is 23.3 Å². The van der Waals surface area contributed by atoms with Gasteiger partial charge in [0.15, 0.2) is 11.6 Å². The van der Waals surface area contributed by atoms with Gasteiger partial charge in [0.05, 0.1) is 5.56 Å². The Morgan fingerprint density at radius 1 is 0.619 bits per heavy atom. The predicted molar refractivity (Wildman–Crippen MR) is 134 cm³/mol. The third-order valence-corrected chi connectivity index (χ3v) is 6.02. The lowest BCUT2D eigenvalue weighted by Gasteiger charge is -2.22. The average molecular weight is 600 g/mol. The second-order valence-corrected chi connectivity index (χ2v) is 8.99. The highest BCUT2D eigenvalue weighted by Crippen LogP contribution is 2.40. The van der Waals surface area contributed by atoms with E-state index in [1.165, 1.54) is 6.07 Å². The van der Waals surface area contributed by atoms with E-state index < -0.39 is 70.7 Å². The predicted octanol–water partition coefficient (Wildman–Crippen LogP) is 9.42. The molecule has 222 valence electrons. The van der Waals surface area contributed by atoms with E-state index in [9.17, 15) is 39.5 Å². The van der Waals surface area contributed by atoms with Crippen LogP contribution in [0.25, 0.3) is 11.1 Å². The fraction of sp³-hybridized carbons (Fsp3) is 0.200. The molecule has 0 aromatic heterocycles. The van der Waals surface area contributed by atoms with Crippen molar-refractivity contribution in [1.29, 1.82) is 0 Å². The lowest BCUT2D eigenvalue weighted by Crippen LogP contribution is -2.26. The van der Waals surface area contributed by atoms with E-state index in [1.807, 2.05) is 19.1 Å². The Morgan fingerprint density at radius 3 is 1.79 bits per heavy atom. The molecule has 0 saturated carbocycles. The first kappa shape index (κ1) is 30.6. The first-order valence-corrected chi connectivity index (χ1v) is 12.4. The van der Waals surface area contributed by atoms with E-state index in [-0.39, 0.29) is 17.7 Å². The minimum Gasteiger partial charge on any atom is -0.460 e. The Hall–Kier alpha value is -4.35. The quantitative estimate of drug-likeness (QED) is 0.161. The Balaban J connectivity index is 1.54. The second-order valence-electron chi connectivity index (χ2n) is 8.99. The summed E-state index contributed by atoms with van der Waals surface area (Å²) in [6.07, 6.45) is -7.48. The molecular weight excluding hydrogens is 579 g/mol. The molecule has 0 atom stereocenters. The first-order chi connectivity index (χ1) is 19.8. The van der Waals surface area contributed by atoms with E-state index >= 15 is 0 Å². The molecule has 0 heterocycles. The van der Waals surface area contributed by atoms with Crippen LogP contribution < -0.4 is 14.2 Å². The zero-order chi connectivity index (χ0) is 30.7. The highest BCUT2D eigenvalue weighted by atomic mass is 19.3. The molecule has 0 aliphatic carbocycles. The highest BCUT2D eigenvalue weighted by Gasteiger charge is 2.43. The summed E-state index contributed by atoms with van der Waals surface area (Å²) >= 11 is 0. The molecule has 4 rings (SSSR count). The monoisotopic (exact) mass is 600 g/mol. The summed E-state index contributed by atoms with van der Waals surface area (Å²) < 4.78 is 142. The van der Waals surface area contributed by atoms with Crippen LogP contribution in [0.1, 0.15) is 30.0 Å². The van der Waals surface area contributed by atoms with Crippen molar-refractivity contribution in [3.8, 4) is 28.4 Å². The molecule has 0 fully saturated rings. The van der Waals surface area contributed by atoms with Crippen LogP contribution in [-0.4, -0.2) is 6.86 Å². The van der Waals surface area contributed by atoms with E-state index in [4.69, 9.17) is 0 Å². The van der Waals surface area contributed by atoms with E-state index in [0.29, 0.717) is 11.6 Å².